The number of nitro groups is 1. The summed E-state index contributed by atoms with van der Waals surface area (Å²) >= 11 is 0. The SMILES string of the molecule is COC(=O)[C@](C)(c1ccccc1)c1ccc([N+](=O)[O-])cc1. The van der Waals surface area contributed by atoms with Crippen LogP contribution < -0.4 is 0 Å². The summed E-state index contributed by atoms with van der Waals surface area (Å²) in [6, 6.07) is 15.1. The Bertz CT molecular complexity index is 652. The Morgan fingerprint density at radius 1 is 1.05 bits per heavy atom. The van der Waals surface area contributed by atoms with E-state index in [0.29, 0.717) is 5.56 Å². The maximum atomic E-state index is 12.3. The zero-order valence-corrected chi connectivity index (χ0v) is 11.8. The maximum Gasteiger partial charge on any atom is 0.320 e. The predicted octanol–water partition coefficient (Wildman–Crippen LogP) is 3.07. The van der Waals surface area contributed by atoms with Gasteiger partial charge in [-0.15, -0.1) is 0 Å². The number of esters is 1. The van der Waals surface area contributed by atoms with Crippen LogP contribution in [-0.4, -0.2) is 18.0 Å². The van der Waals surface area contributed by atoms with Crippen molar-refractivity contribution in [3.8, 4) is 0 Å². The van der Waals surface area contributed by atoms with Crippen LogP contribution in [0.15, 0.2) is 54.6 Å². The fourth-order valence-electron chi connectivity index (χ4n) is 2.29. The van der Waals surface area contributed by atoms with Crippen LogP contribution in [0.25, 0.3) is 0 Å². The molecule has 2 rings (SSSR count). The van der Waals surface area contributed by atoms with Crippen molar-refractivity contribution in [1.82, 2.24) is 0 Å². The lowest BCUT2D eigenvalue weighted by atomic mass is 9.76. The van der Waals surface area contributed by atoms with Gasteiger partial charge in [0.05, 0.1) is 12.0 Å². The Morgan fingerprint density at radius 3 is 2.05 bits per heavy atom. The molecule has 5 heteroatoms. The lowest BCUT2D eigenvalue weighted by Crippen LogP contribution is -2.35. The van der Waals surface area contributed by atoms with Crippen LogP contribution in [0.3, 0.4) is 0 Å². The van der Waals surface area contributed by atoms with Crippen molar-refractivity contribution in [2.75, 3.05) is 7.11 Å². The topological polar surface area (TPSA) is 69.4 Å². The molecule has 1 atom stereocenters. The van der Waals surface area contributed by atoms with Crippen molar-refractivity contribution in [3.63, 3.8) is 0 Å². The van der Waals surface area contributed by atoms with E-state index >= 15 is 0 Å². The quantitative estimate of drug-likeness (QED) is 0.492. The largest absolute Gasteiger partial charge is 0.468 e. The van der Waals surface area contributed by atoms with E-state index in [-0.39, 0.29) is 5.69 Å². The molecule has 108 valence electrons. The standard InChI is InChI=1S/C16H15NO4/c1-16(15(18)21-2,12-6-4-3-5-7-12)13-8-10-14(11-9-13)17(19)20/h3-11H,1-2H3/t16-/m1/s1. The molecule has 5 nitrogen and oxygen atoms in total. The number of nitrogens with zero attached hydrogens (tertiary/aromatic N) is 1. The Labute approximate surface area is 122 Å². The summed E-state index contributed by atoms with van der Waals surface area (Å²) in [6.45, 7) is 1.75. The van der Waals surface area contributed by atoms with Gasteiger partial charge in [0.15, 0.2) is 0 Å². The minimum absolute atomic E-state index is 0.0148. The molecule has 0 saturated heterocycles. The number of carbonyl (C=O) groups is 1. The highest BCUT2D eigenvalue weighted by atomic mass is 16.6. The van der Waals surface area contributed by atoms with E-state index in [0.717, 1.165) is 5.56 Å². The molecule has 0 N–H and O–H groups in total. The van der Waals surface area contributed by atoms with Crippen molar-refractivity contribution < 1.29 is 14.5 Å². The van der Waals surface area contributed by atoms with Gasteiger partial charge in [0.1, 0.15) is 5.41 Å². The lowest BCUT2D eigenvalue weighted by molar-refractivity contribution is -0.384. The monoisotopic (exact) mass is 285 g/mol. The smallest absolute Gasteiger partial charge is 0.320 e. The summed E-state index contributed by atoms with van der Waals surface area (Å²) in [6.07, 6.45) is 0. The maximum absolute atomic E-state index is 12.3. The normalized spacial score (nSPS) is 13.2. The molecular formula is C16H15NO4. The number of ether oxygens (including phenoxy) is 1. The van der Waals surface area contributed by atoms with Crippen molar-refractivity contribution in [2.45, 2.75) is 12.3 Å². The second-order valence-corrected chi connectivity index (χ2v) is 4.79. The molecule has 0 aromatic heterocycles. The molecule has 0 heterocycles. The molecule has 0 bridgehead atoms. The number of nitro benzene ring substituents is 1. The summed E-state index contributed by atoms with van der Waals surface area (Å²) in [4.78, 5) is 22.6. The molecule has 0 fully saturated rings. The molecule has 0 aliphatic carbocycles. The lowest BCUT2D eigenvalue weighted by Gasteiger charge is -2.27. The summed E-state index contributed by atoms with van der Waals surface area (Å²) in [5.41, 5.74) is 0.390. The van der Waals surface area contributed by atoms with Gasteiger partial charge < -0.3 is 4.74 Å². The number of methoxy groups -OCH3 is 1. The van der Waals surface area contributed by atoms with E-state index in [4.69, 9.17) is 4.74 Å². The molecule has 0 saturated carbocycles. The Kier molecular flexibility index (Phi) is 4.03. The van der Waals surface area contributed by atoms with Gasteiger partial charge in [0.25, 0.3) is 5.69 Å². The van der Waals surface area contributed by atoms with Gasteiger partial charge in [-0.25, -0.2) is 0 Å². The van der Waals surface area contributed by atoms with E-state index in [1.807, 2.05) is 30.3 Å². The fraction of sp³-hybridized carbons (Fsp3) is 0.188. The van der Waals surface area contributed by atoms with Crippen molar-refractivity contribution >= 4 is 11.7 Å². The highest BCUT2D eigenvalue weighted by molar-refractivity contribution is 5.87. The molecular weight excluding hydrogens is 270 g/mol. The molecule has 0 aliphatic rings. The average molecular weight is 285 g/mol. The minimum Gasteiger partial charge on any atom is -0.468 e. The Balaban J connectivity index is 2.55. The number of carbonyl (C=O) groups excluding carboxylic acids is 1. The number of benzene rings is 2. The van der Waals surface area contributed by atoms with Crippen LogP contribution in [0.4, 0.5) is 5.69 Å². The van der Waals surface area contributed by atoms with Gasteiger partial charge >= 0.3 is 5.97 Å². The van der Waals surface area contributed by atoms with Gasteiger partial charge in [-0.3, -0.25) is 14.9 Å². The molecule has 21 heavy (non-hydrogen) atoms. The number of hydrogen-bond acceptors (Lipinski definition) is 4. The fourth-order valence-corrected chi connectivity index (χ4v) is 2.29. The van der Waals surface area contributed by atoms with Crippen LogP contribution >= 0.6 is 0 Å². The average Bonchev–Trinajstić information content (AvgIpc) is 2.54. The highest BCUT2D eigenvalue weighted by Crippen LogP contribution is 2.34. The first-order valence-corrected chi connectivity index (χ1v) is 6.39. The second kappa shape index (κ2) is 5.75. The predicted molar refractivity (Wildman–Crippen MR) is 78.0 cm³/mol. The molecule has 0 unspecified atom stereocenters. The highest BCUT2D eigenvalue weighted by Gasteiger charge is 2.38. The first-order chi connectivity index (χ1) is 10.00. The van der Waals surface area contributed by atoms with Crippen molar-refractivity contribution in [1.29, 1.82) is 0 Å². The molecule has 0 amide bonds. The number of hydrogen-bond donors (Lipinski definition) is 0. The molecule has 2 aromatic carbocycles. The third-order valence-electron chi connectivity index (χ3n) is 3.60. The van der Waals surface area contributed by atoms with E-state index in [1.54, 1.807) is 19.1 Å². The van der Waals surface area contributed by atoms with Crippen molar-refractivity contribution in [3.05, 3.63) is 75.8 Å². The summed E-state index contributed by atoms with van der Waals surface area (Å²) in [5, 5.41) is 10.7. The van der Waals surface area contributed by atoms with E-state index in [2.05, 4.69) is 0 Å². The van der Waals surface area contributed by atoms with Crippen molar-refractivity contribution in [2.24, 2.45) is 0 Å². The zero-order valence-electron chi connectivity index (χ0n) is 11.8. The van der Waals surface area contributed by atoms with Gasteiger partial charge in [-0.1, -0.05) is 42.5 Å². The third kappa shape index (κ3) is 2.63. The van der Waals surface area contributed by atoms with Gasteiger partial charge in [0.2, 0.25) is 0 Å². The first kappa shape index (κ1) is 14.7. The number of rotatable bonds is 4. The Morgan fingerprint density at radius 2 is 1.57 bits per heavy atom. The van der Waals surface area contributed by atoms with E-state index in [1.165, 1.54) is 19.2 Å². The van der Waals surface area contributed by atoms with E-state index in [9.17, 15) is 14.9 Å². The van der Waals surface area contributed by atoms with E-state index < -0.39 is 16.3 Å². The summed E-state index contributed by atoms with van der Waals surface area (Å²) in [5.74, 6) is -0.414. The summed E-state index contributed by atoms with van der Waals surface area (Å²) in [7, 11) is 1.33. The molecule has 0 aliphatic heterocycles. The molecule has 0 radical (unpaired) electrons. The zero-order chi connectivity index (χ0) is 15.5. The van der Waals surface area contributed by atoms with Crippen LogP contribution in [0.5, 0.6) is 0 Å². The molecule has 2 aromatic rings. The van der Waals surface area contributed by atoms with Gasteiger partial charge in [-0.05, 0) is 18.1 Å². The molecule has 0 spiro atoms. The first-order valence-electron chi connectivity index (χ1n) is 6.39. The summed E-state index contributed by atoms with van der Waals surface area (Å²) < 4.78 is 4.93. The second-order valence-electron chi connectivity index (χ2n) is 4.79. The van der Waals surface area contributed by atoms with Crippen LogP contribution in [0, 0.1) is 10.1 Å². The van der Waals surface area contributed by atoms with Crippen LogP contribution in [0.2, 0.25) is 0 Å². The Hall–Kier alpha value is -2.69. The third-order valence-corrected chi connectivity index (χ3v) is 3.60. The van der Waals surface area contributed by atoms with Gasteiger partial charge in [-0.2, -0.15) is 0 Å². The van der Waals surface area contributed by atoms with Crippen LogP contribution in [-0.2, 0) is 14.9 Å². The van der Waals surface area contributed by atoms with Gasteiger partial charge in [0, 0.05) is 12.1 Å². The minimum atomic E-state index is -1.01. The van der Waals surface area contributed by atoms with Crippen LogP contribution in [0.1, 0.15) is 18.1 Å². The number of non-ortho nitro benzene ring substituents is 1.